The lowest BCUT2D eigenvalue weighted by Gasteiger charge is -1.97. The topological polar surface area (TPSA) is 39.2 Å². The fourth-order valence-corrected chi connectivity index (χ4v) is 1.80. The molecular weight excluding hydrogens is 210 g/mol. The Hall–Kier alpha value is -1.66. The van der Waals surface area contributed by atoms with Crippen LogP contribution in [0.2, 0.25) is 0 Å². The summed E-state index contributed by atoms with van der Waals surface area (Å²) in [4.78, 5) is 6.73. The van der Waals surface area contributed by atoms with Crippen molar-refractivity contribution in [1.82, 2.24) is 4.90 Å². The van der Waals surface area contributed by atoms with Gasteiger partial charge in [-0.2, -0.15) is 5.26 Å². The van der Waals surface area contributed by atoms with Gasteiger partial charge in [0.2, 0.25) is 0 Å². The zero-order chi connectivity index (χ0) is 12.1. The SMILES string of the molecule is Cc1ccc(C=NCC2CN2CCC#N)cc1. The molecule has 2 atom stereocenters. The third-order valence-corrected chi connectivity index (χ3v) is 2.97. The lowest BCUT2D eigenvalue weighted by molar-refractivity contribution is 0.519. The maximum absolute atomic E-state index is 8.47. The number of hydrogen-bond donors (Lipinski definition) is 0. The first-order valence-corrected chi connectivity index (χ1v) is 5.97. The molecule has 1 heterocycles. The van der Waals surface area contributed by atoms with E-state index < -0.39 is 0 Å². The van der Waals surface area contributed by atoms with Gasteiger partial charge >= 0.3 is 0 Å². The molecule has 0 amide bonds. The minimum absolute atomic E-state index is 0.560. The lowest BCUT2D eigenvalue weighted by Crippen LogP contribution is -2.05. The number of benzene rings is 1. The predicted molar refractivity (Wildman–Crippen MR) is 69.2 cm³/mol. The molecule has 0 aromatic heterocycles. The molecule has 2 rings (SSSR count). The van der Waals surface area contributed by atoms with Crippen LogP contribution < -0.4 is 0 Å². The first-order chi connectivity index (χ1) is 8.29. The first-order valence-electron chi connectivity index (χ1n) is 5.97. The molecule has 1 fully saturated rings. The molecule has 0 N–H and O–H groups in total. The van der Waals surface area contributed by atoms with Gasteiger partial charge in [0.05, 0.1) is 12.6 Å². The normalized spacial score (nSPS) is 22.6. The summed E-state index contributed by atoms with van der Waals surface area (Å²) in [7, 11) is 0. The summed E-state index contributed by atoms with van der Waals surface area (Å²) in [6.07, 6.45) is 2.55. The Labute approximate surface area is 102 Å². The van der Waals surface area contributed by atoms with Gasteiger partial charge in [-0.05, 0) is 12.5 Å². The quantitative estimate of drug-likeness (QED) is 0.570. The molecule has 0 spiro atoms. The lowest BCUT2D eigenvalue weighted by atomic mass is 10.2. The van der Waals surface area contributed by atoms with E-state index in [4.69, 9.17) is 5.26 Å². The Morgan fingerprint density at radius 1 is 1.47 bits per heavy atom. The predicted octanol–water partition coefficient (Wildman–Crippen LogP) is 2.01. The summed E-state index contributed by atoms with van der Waals surface area (Å²) in [6, 6.07) is 11.1. The third-order valence-electron chi connectivity index (χ3n) is 2.97. The molecule has 3 heteroatoms. The van der Waals surface area contributed by atoms with Gasteiger partial charge in [0.1, 0.15) is 0 Å². The Kier molecular flexibility index (Phi) is 3.89. The van der Waals surface area contributed by atoms with Crippen molar-refractivity contribution in [3.05, 3.63) is 35.4 Å². The van der Waals surface area contributed by atoms with Crippen LogP contribution in [0.1, 0.15) is 17.5 Å². The molecule has 1 aliphatic heterocycles. The van der Waals surface area contributed by atoms with Gasteiger partial charge in [-0.1, -0.05) is 29.8 Å². The van der Waals surface area contributed by atoms with E-state index in [9.17, 15) is 0 Å². The van der Waals surface area contributed by atoms with Crippen LogP contribution >= 0.6 is 0 Å². The number of nitrogens with zero attached hydrogens (tertiary/aromatic N) is 3. The van der Waals surface area contributed by atoms with Crippen molar-refractivity contribution in [3.63, 3.8) is 0 Å². The molecule has 88 valence electrons. The molecule has 1 aliphatic rings. The Morgan fingerprint density at radius 2 is 2.24 bits per heavy atom. The Morgan fingerprint density at radius 3 is 2.94 bits per heavy atom. The highest BCUT2D eigenvalue weighted by Crippen LogP contribution is 2.17. The molecule has 17 heavy (non-hydrogen) atoms. The summed E-state index contributed by atoms with van der Waals surface area (Å²) in [6.45, 7) is 4.91. The van der Waals surface area contributed by atoms with Crippen LogP contribution in [0.3, 0.4) is 0 Å². The van der Waals surface area contributed by atoms with Gasteiger partial charge in [-0.25, -0.2) is 0 Å². The zero-order valence-electron chi connectivity index (χ0n) is 10.1. The van der Waals surface area contributed by atoms with Crippen LogP contribution in [0.5, 0.6) is 0 Å². The van der Waals surface area contributed by atoms with E-state index in [1.807, 2.05) is 6.21 Å². The second-order valence-corrected chi connectivity index (χ2v) is 4.46. The fraction of sp³-hybridized carbons (Fsp3) is 0.429. The largest absolute Gasteiger partial charge is 0.295 e. The monoisotopic (exact) mass is 227 g/mol. The van der Waals surface area contributed by atoms with E-state index in [0.29, 0.717) is 12.5 Å². The second-order valence-electron chi connectivity index (χ2n) is 4.46. The first kappa shape index (κ1) is 11.8. The van der Waals surface area contributed by atoms with Crippen molar-refractivity contribution in [2.45, 2.75) is 19.4 Å². The maximum Gasteiger partial charge on any atom is 0.0635 e. The van der Waals surface area contributed by atoms with Crippen molar-refractivity contribution in [3.8, 4) is 6.07 Å². The second kappa shape index (κ2) is 5.60. The average Bonchev–Trinajstić information content (AvgIpc) is 3.08. The molecule has 0 saturated carbocycles. The summed E-state index contributed by atoms with van der Waals surface area (Å²) < 4.78 is 0. The van der Waals surface area contributed by atoms with E-state index >= 15 is 0 Å². The van der Waals surface area contributed by atoms with Crippen molar-refractivity contribution >= 4 is 6.21 Å². The number of nitriles is 1. The van der Waals surface area contributed by atoms with Crippen molar-refractivity contribution in [2.24, 2.45) is 4.99 Å². The van der Waals surface area contributed by atoms with E-state index in [1.54, 1.807) is 0 Å². The van der Waals surface area contributed by atoms with Gasteiger partial charge in [-0.3, -0.25) is 9.89 Å². The molecule has 2 unspecified atom stereocenters. The van der Waals surface area contributed by atoms with Crippen LogP contribution in [0.15, 0.2) is 29.3 Å². The highest BCUT2D eigenvalue weighted by Gasteiger charge is 2.32. The third kappa shape index (κ3) is 3.69. The van der Waals surface area contributed by atoms with Crippen LogP contribution in [0.4, 0.5) is 0 Å². The fourth-order valence-electron chi connectivity index (χ4n) is 1.80. The van der Waals surface area contributed by atoms with Crippen LogP contribution in [0, 0.1) is 18.3 Å². The van der Waals surface area contributed by atoms with E-state index in [2.05, 4.69) is 47.2 Å². The van der Waals surface area contributed by atoms with Crippen LogP contribution in [0.25, 0.3) is 0 Å². The van der Waals surface area contributed by atoms with Crippen LogP contribution in [-0.2, 0) is 0 Å². The molecule has 1 aromatic rings. The number of aliphatic imine (C=N–C) groups is 1. The van der Waals surface area contributed by atoms with E-state index in [1.165, 1.54) is 5.56 Å². The average molecular weight is 227 g/mol. The summed E-state index contributed by atoms with van der Waals surface area (Å²) in [5, 5.41) is 8.47. The molecule has 3 nitrogen and oxygen atoms in total. The molecule has 0 bridgehead atoms. The smallest absolute Gasteiger partial charge is 0.0635 e. The highest BCUT2D eigenvalue weighted by atomic mass is 15.3. The van der Waals surface area contributed by atoms with Gasteiger partial charge in [0.15, 0.2) is 0 Å². The Bertz CT molecular complexity index is 428. The minimum atomic E-state index is 0.560. The number of hydrogen-bond acceptors (Lipinski definition) is 3. The van der Waals surface area contributed by atoms with E-state index in [-0.39, 0.29) is 0 Å². The minimum Gasteiger partial charge on any atom is -0.295 e. The molecule has 1 saturated heterocycles. The summed E-state index contributed by atoms with van der Waals surface area (Å²) in [5.74, 6) is 0. The molecular formula is C14H17N3. The molecule has 0 aliphatic carbocycles. The summed E-state index contributed by atoms with van der Waals surface area (Å²) >= 11 is 0. The van der Waals surface area contributed by atoms with Gasteiger partial charge in [0, 0.05) is 31.8 Å². The van der Waals surface area contributed by atoms with E-state index in [0.717, 1.165) is 25.2 Å². The highest BCUT2D eigenvalue weighted by molar-refractivity contribution is 5.79. The zero-order valence-corrected chi connectivity index (χ0v) is 10.1. The van der Waals surface area contributed by atoms with Crippen molar-refractivity contribution < 1.29 is 0 Å². The van der Waals surface area contributed by atoms with Gasteiger partial charge in [0.25, 0.3) is 0 Å². The number of aryl methyl sites for hydroxylation is 1. The van der Waals surface area contributed by atoms with Crippen molar-refractivity contribution in [2.75, 3.05) is 19.6 Å². The van der Waals surface area contributed by atoms with Gasteiger partial charge in [-0.15, -0.1) is 0 Å². The number of rotatable bonds is 5. The summed E-state index contributed by atoms with van der Waals surface area (Å²) in [5.41, 5.74) is 2.42. The van der Waals surface area contributed by atoms with Gasteiger partial charge < -0.3 is 0 Å². The molecule has 1 aromatic carbocycles. The maximum atomic E-state index is 8.47. The van der Waals surface area contributed by atoms with Crippen LogP contribution in [-0.4, -0.2) is 36.8 Å². The Balaban J connectivity index is 1.73. The van der Waals surface area contributed by atoms with Crippen molar-refractivity contribution in [1.29, 1.82) is 5.26 Å². The standard InChI is InChI=1S/C14H17N3/c1-12-3-5-13(6-4-12)9-16-10-14-11-17(14)8-2-7-15/h3-6,9,14H,2,8,10-11H2,1H3. The molecule has 0 radical (unpaired) electrons.